The average molecular weight is 365 g/mol. The van der Waals surface area contributed by atoms with E-state index in [4.69, 9.17) is 0 Å². The van der Waals surface area contributed by atoms with Gasteiger partial charge in [0.15, 0.2) is 5.78 Å². The SMILES string of the molecule is O=C(C[C@H]1CN2CCC1CC2)c1nsc2cc(Br)ccc12. The first-order chi connectivity index (χ1) is 10.2. The van der Waals surface area contributed by atoms with Gasteiger partial charge in [-0.2, -0.15) is 4.37 Å². The van der Waals surface area contributed by atoms with Crippen LogP contribution < -0.4 is 0 Å². The molecule has 4 heterocycles. The summed E-state index contributed by atoms with van der Waals surface area (Å²) in [4.78, 5) is 15.2. The zero-order valence-electron chi connectivity index (χ0n) is 11.7. The van der Waals surface area contributed by atoms with Gasteiger partial charge in [0.2, 0.25) is 0 Å². The molecule has 5 heteroatoms. The van der Waals surface area contributed by atoms with Crippen LogP contribution >= 0.6 is 27.5 Å². The Morgan fingerprint density at radius 3 is 2.90 bits per heavy atom. The second-order valence-electron chi connectivity index (χ2n) is 6.20. The van der Waals surface area contributed by atoms with E-state index >= 15 is 0 Å². The molecule has 0 amide bonds. The lowest BCUT2D eigenvalue weighted by molar-refractivity contribution is 0.0440. The van der Waals surface area contributed by atoms with Crippen LogP contribution in [-0.2, 0) is 0 Å². The van der Waals surface area contributed by atoms with Crippen molar-refractivity contribution in [1.82, 2.24) is 9.27 Å². The Balaban J connectivity index is 1.56. The highest BCUT2D eigenvalue weighted by atomic mass is 79.9. The van der Waals surface area contributed by atoms with E-state index in [1.165, 1.54) is 37.5 Å². The molecule has 0 aliphatic carbocycles. The van der Waals surface area contributed by atoms with Crippen molar-refractivity contribution in [3.63, 3.8) is 0 Å². The molecule has 5 rings (SSSR count). The minimum atomic E-state index is 0.224. The Bertz CT molecular complexity index is 691. The van der Waals surface area contributed by atoms with Crippen molar-refractivity contribution in [2.24, 2.45) is 11.8 Å². The predicted molar refractivity (Wildman–Crippen MR) is 88.9 cm³/mol. The van der Waals surface area contributed by atoms with Gasteiger partial charge in [-0.05, 0) is 61.4 Å². The minimum Gasteiger partial charge on any atom is -0.303 e. The zero-order chi connectivity index (χ0) is 14.4. The van der Waals surface area contributed by atoms with Crippen molar-refractivity contribution < 1.29 is 4.79 Å². The quantitative estimate of drug-likeness (QED) is 0.772. The maximum absolute atomic E-state index is 12.7. The average Bonchev–Trinajstić information content (AvgIpc) is 2.91. The number of benzene rings is 1. The largest absolute Gasteiger partial charge is 0.303 e. The molecule has 3 fully saturated rings. The van der Waals surface area contributed by atoms with Crippen molar-refractivity contribution >= 4 is 43.3 Å². The lowest BCUT2D eigenvalue weighted by Crippen LogP contribution is -2.47. The monoisotopic (exact) mass is 364 g/mol. The summed E-state index contributed by atoms with van der Waals surface area (Å²) in [5, 5.41) is 1.01. The van der Waals surface area contributed by atoms with E-state index in [1.54, 1.807) is 0 Å². The highest BCUT2D eigenvalue weighted by Gasteiger charge is 2.35. The molecule has 0 saturated carbocycles. The van der Waals surface area contributed by atoms with Crippen molar-refractivity contribution in [3.05, 3.63) is 28.4 Å². The molecule has 110 valence electrons. The third kappa shape index (κ3) is 2.56. The van der Waals surface area contributed by atoms with Gasteiger partial charge in [0.05, 0.1) is 4.70 Å². The highest BCUT2D eigenvalue weighted by Crippen LogP contribution is 2.35. The molecule has 0 radical (unpaired) electrons. The smallest absolute Gasteiger partial charge is 0.183 e. The summed E-state index contributed by atoms with van der Waals surface area (Å²) in [6.07, 6.45) is 3.20. The number of halogens is 1. The van der Waals surface area contributed by atoms with Crippen LogP contribution in [0.4, 0.5) is 0 Å². The Kier molecular flexibility index (Phi) is 3.59. The van der Waals surface area contributed by atoms with E-state index < -0.39 is 0 Å². The van der Waals surface area contributed by atoms with Crippen molar-refractivity contribution in [2.45, 2.75) is 19.3 Å². The first-order valence-corrected chi connectivity index (χ1v) is 9.08. The molecule has 2 aromatic rings. The number of carbonyl (C=O) groups is 1. The Labute approximate surface area is 136 Å². The van der Waals surface area contributed by atoms with Gasteiger partial charge in [-0.15, -0.1) is 0 Å². The van der Waals surface area contributed by atoms with Crippen LogP contribution in [0.1, 0.15) is 29.8 Å². The molecule has 1 aromatic heterocycles. The van der Waals surface area contributed by atoms with Crippen molar-refractivity contribution in [1.29, 1.82) is 0 Å². The first-order valence-electron chi connectivity index (χ1n) is 7.51. The number of hydrogen-bond acceptors (Lipinski definition) is 4. The number of ketones is 1. The molecular weight excluding hydrogens is 348 g/mol. The summed E-state index contributed by atoms with van der Waals surface area (Å²) in [6.45, 7) is 3.55. The summed E-state index contributed by atoms with van der Waals surface area (Å²) < 4.78 is 6.54. The lowest BCUT2D eigenvalue weighted by Gasteiger charge is -2.44. The van der Waals surface area contributed by atoms with Crippen LogP contribution in [0.15, 0.2) is 22.7 Å². The molecule has 2 bridgehead atoms. The Hall–Kier alpha value is -0.780. The number of nitrogens with zero attached hydrogens (tertiary/aromatic N) is 2. The maximum Gasteiger partial charge on any atom is 0.183 e. The van der Waals surface area contributed by atoms with E-state index in [-0.39, 0.29) is 5.78 Å². The van der Waals surface area contributed by atoms with E-state index in [0.29, 0.717) is 18.0 Å². The second kappa shape index (κ2) is 5.45. The third-order valence-corrected chi connectivity index (χ3v) is 6.24. The normalized spacial score (nSPS) is 28.1. The van der Waals surface area contributed by atoms with Gasteiger partial charge in [-0.25, -0.2) is 0 Å². The van der Waals surface area contributed by atoms with Gasteiger partial charge < -0.3 is 4.90 Å². The van der Waals surface area contributed by atoms with E-state index in [1.807, 2.05) is 18.2 Å². The number of Topliss-reactive ketones (excluding diaryl/α,β-unsaturated/α-hetero) is 1. The van der Waals surface area contributed by atoms with Gasteiger partial charge in [0, 0.05) is 22.8 Å². The van der Waals surface area contributed by atoms with Gasteiger partial charge in [-0.1, -0.05) is 22.0 Å². The number of hydrogen-bond donors (Lipinski definition) is 0. The summed E-state index contributed by atoms with van der Waals surface area (Å²) in [6, 6.07) is 6.03. The summed E-state index contributed by atoms with van der Waals surface area (Å²) in [7, 11) is 0. The molecule has 1 aromatic carbocycles. The molecule has 0 N–H and O–H groups in total. The first kappa shape index (κ1) is 13.9. The van der Waals surface area contributed by atoms with Crippen molar-refractivity contribution in [2.75, 3.05) is 19.6 Å². The number of fused-ring (bicyclic) bond motifs is 4. The standard InChI is InChI=1S/C16H17BrN2OS/c17-12-1-2-13-15(8-12)21-18-16(13)14(20)7-11-9-19-5-3-10(11)4-6-19/h1-2,8,10-11H,3-7,9H2/t11-/m0/s1. The summed E-state index contributed by atoms with van der Waals surface area (Å²) >= 11 is 4.89. The summed E-state index contributed by atoms with van der Waals surface area (Å²) in [5.74, 6) is 1.51. The fraction of sp³-hybridized carbons (Fsp3) is 0.500. The van der Waals surface area contributed by atoms with E-state index in [2.05, 4.69) is 25.2 Å². The predicted octanol–water partition coefficient (Wildman–Crippen LogP) is 3.97. The molecule has 0 spiro atoms. The van der Waals surface area contributed by atoms with Crippen LogP contribution in [0.2, 0.25) is 0 Å². The molecular formula is C16H17BrN2OS. The molecule has 3 saturated heterocycles. The maximum atomic E-state index is 12.7. The highest BCUT2D eigenvalue weighted by molar-refractivity contribution is 9.10. The summed E-state index contributed by atoms with van der Waals surface area (Å²) in [5.41, 5.74) is 0.680. The Morgan fingerprint density at radius 2 is 2.19 bits per heavy atom. The van der Waals surface area contributed by atoms with Gasteiger partial charge in [-0.3, -0.25) is 4.79 Å². The molecule has 0 unspecified atom stereocenters. The number of carbonyl (C=O) groups excluding carboxylic acids is 1. The van der Waals surface area contributed by atoms with E-state index in [9.17, 15) is 4.79 Å². The molecule has 3 aliphatic rings. The second-order valence-corrected chi connectivity index (χ2v) is 7.92. The van der Waals surface area contributed by atoms with Gasteiger partial charge in [0.25, 0.3) is 0 Å². The van der Waals surface area contributed by atoms with Gasteiger partial charge in [0.1, 0.15) is 5.69 Å². The lowest BCUT2D eigenvalue weighted by atomic mass is 9.76. The fourth-order valence-electron chi connectivity index (χ4n) is 3.77. The topological polar surface area (TPSA) is 33.2 Å². The Morgan fingerprint density at radius 1 is 1.38 bits per heavy atom. The van der Waals surface area contributed by atoms with Gasteiger partial charge >= 0.3 is 0 Å². The molecule has 1 atom stereocenters. The molecule has 21 heavy (non-hydrogen) atoms. The minimum absolute atomic E-state index is 0.224. The number of aromatic nitrogens is 1. The fourth-order valence-corrected chi connectivity index (χ4v) is 5.11. The van der Waals surface area contributed by atoms with Crippen LogP contribution in [0, 0.1) is 11.8 Å². The van der Waals surface area contributed by atoms with E-state index in [0.717, 1.165) is 27.0 Å². The number of piperidine rings is 3. The van der Waals surface area contributed by atoms with Crippen LogP contribution in [0.5, 0.6) is 0 Å². The molecule has 3 nitrogen and oxygen atoms in total. The van der Waals surface area contributed by atoms with Crippen LogP contribution in [-0.4, -0.2) is 34.7 Å². The van der Waals surface area contributed by atoms with Crippen molar-refractivity contribution in [3.8, 4) is 0 Å². The number of rotatable bonds is 3. The zero-order valence-corrected chi connectivity index (χ0v) is 14.1. The third-order valence-electron chi connectivity index (χ3n) is 4.94. The molecule has 3 aliphatic heterocycles. The van der Waals surface area contributed by atoms with Crippen LogP contribution in [0.25, 0.3) is 10.1 Å². The van der Waals surface area contributed by atoms with Crippen LogP contribution in [0.3, 0.4) is 0 Å².